The minimum absolute atomic E-state index is 0.132. The minimum Gasteiger partial charge on any atom is -0.454 e. The highest BCUT2D eigenvalue weighted by atomic mass is 16.7. The number of fused-ring (bicyclic) bond motifs is 2. The summed E-state index contributed by atoms with van der Waals surface area (Å²) >= 11 is 0. The molecule has 0 unspecified atom stereocenters. The maximum atomic E-state index is 12.1. The molecule has 8 heteroatoms. The molecule has 132 valence electrons. The predicted octanol–water partition coefficient (Wildman–Crippen LogP) is 1.95. The first kappa shape index (κ1) is 15.9. The number of hydrazine groups is 1. The second-order valence-electron chi connectivity index (χ2n) is 5.65. The van der Waals surface area contributed by atoms with E-state index in [1.54, 1.807) is 18.2 Å². The zero-order chi connectivity index (χ0) is 17.9. The summed E-state index contributed by atoms with van der Waals surface area (Å²) < 4.78 is 16.0. The molecule has 0 atom stereocenters. The van der Waals surface area contributed by atoms with E-state index in [2.05, 4.69) is 15.8 Å². The fourth-order valence-electron chi connectivity index (χ4n) is 2.55. The SMILES string of the molecule is O=C(CCc1nc2ccccc2o1)NNC(=O)c1ccc2c(c1)OCO2. The number of hydrogen-bond donors (Lipinski definition) is 2. The molecule has 1 aliphatic heterocycles. The van der Waals surface area contributed by atoms with Crippen LogP contribution in [0.1, 0.15) is 22.7 Å². The Morgan fingerprint density at radius 2 is 1.88 bits per heavy atom. The molecule has 0 radical (unpaired) electrons. The molecule has 0 bridgehead atoms. The number of oxazole rings is 1. The standard InChI is InChI=1S/C18H15N3O5/c22-16(7-8-17-19-12-3-1-2-4-13(12)26-17)20-21-18(23)11-5-6-14-15(9-11)25-10-24-14/h1-6,9H,7-8,10H2,(H,20,22)(H,21,23). The Morgan fingerprint density at radius 1 is 1.04 bits per heavy atom. The van der Waals surface area contributed by atoms with Gasteiger partial charge in [-0.15, -0.1) is 0 Å². The van der Waals surface area contributed by atoms with E-state index < -0.39 is 5.91 Å². The van der Waals surface area contributed by atoms with Crippen LogP contribution in [0.15, 0.2) is 46.9 Å². The van der Waals surface area contributed by atoms with Crippen molar-refractivity contribution < 1.29 is 23.5 Å². The lowest BCUT2D eigenvalue weighted by Crippen LogP contribution is -2.41. The lowest BCUT2D eigenvalue weighted by molar-refractivity contribution is -0.121. The fourth-order valence-corrected chi connectivity index (χ4v) is 2.55. The molecule has 0 spiro atoms. The Labute approximate surface area is 148 Å². The summed E-state index contributed by atoms with van der Waals surface area (Å²) in [7, 11) is 0. The molecular weight excluding hydrogens is 338 g/mol. The van der Waals surface area contributed by atoms with E-state index in [4.69, 9.17) is 13.9 Å². The maximum absolute atomic E-state index is 12.1. The second-order valence-corrected chi connectivity index (χ2v) is 5.65. The highest BCUT2D eigenvalue weighted by molar-refractivity contribution is 5.96. The summed E-state index contributed by atoms with van der Waals surface area (Å²) in [6.45, 7) is 0.132. The first-order valence-electron chi connectivity index (χ1n) is 8.02. The van der Waals surface area contributed by atoms with Crippen molar-refractivity contribution in [1.82, 2.24) is 15.8 Å². The Kier molecular flexibility index (Phi) is 4.14. The summed E-state index contributed by atoms with van der Waals surface area (Å²) in [5, 5.41) is 0. The van der Waals surface area contributed by atoms with Crippen LogP contribution < -0.4 is 20.3 Å². The molecule has 4 rings (SSSR count). The van der Waals surface area contributed by atoms with Gasteiger partial charge in [0.15, 0.2) is 23.0 Å². The molecule has 8 nitrogen and oxygen atoms in total. The topological polar surface area (TPSA) is 103 Å². The van der Waals surface area contributed by atoms with Crippen molar-refractivity contribution in [3.8, 4) is 11.5 Å². The zero-order valence-corrected chi connectivity index (χ0v) is 13.7. The molecule has 1 aromatic heterocycles. The summed E-state index contributed by atoms with van der Waals surface area (Å²) in [6, 6.07) is 12.2. The van der Waals surface area contributed by atoms with E-state index in [0.29, 0.717) is 35.0 Å². The summed E-state index contributed by atoms with van der Waals surface area (Å²) in [5.74, 6) is 0.771. The van der Waals surface area contributed by atoms with Crippen molar-refractivity contribution in [2.24, 2.45) is 0 Å². The minimum atomic E-state index is -0.446. The number of para-hydroxylation sites is 2. The van der Waals surface area contributed by atoms with E-state index in [0.717, 1.165) is 5.52 Å². The fraction of sp³-hybridized carbons (Fsp3) is 0.167. The number of nitrogens with zero attached hydrogens (tertiary/aromatic N) is 1. The van der Waals surface area contributed by atoms with Gasteiger partial charge in [-0.1, -0.05) is 12.1 Å². The molecule has 2 heterocycles. The van der Waals surface area contributed by atoms with Crippen molar-refractivity contribution >= 4 is 22.9 Å². The quantitative estimate of drug-likeness (QED) is 0.695. The molecule has 0 fully saturated rings. The first-order chi connectivity index (χ1) is 12.7. The van der Waals surface area contributed by atoms with Gasteiger partial charge in [0.1, 0.15) is 5.52 Å². The van der Waals surface area contributed by atoms with Crippen LogP contribution in [0.2, 0.25) is 0 Å². The first-order valence-corrected chi connectivity index (χ1v) is 8.02. The Bertz CT molecular complexity index is 949. The highest BCUT2D eigenvalue weighted by Crippen LogP contribution is 2.32. The molecule has 3 aromatic rings. The van der Waals surface area contributed by atoms with Gasteiger partial charge < -0.3 is 13.9 Å². The maximum Gasteiger partial charge on any atom is 0.269 e. The Hall–Kier alpha value is -3.55. The molecule has 0 aliphatic carbocycles. The molecule has 2 aromatic carbocycles. The van der Waals surface area contributed by atoms with Gasteiger partial charge in [-0.05, 0) is 30.3 Å². The van der Waals surface area contributed by atoms with Crippen LogP contribution in [0.25, 0.3) is 11.1 Å². The number of benzene rings is 2. The smallest absolute Gasteiger partial charge is 0.269 e. The number of aryl methyl sites for hydroxylation is 1. The highest BCUT2D eigenvalue weighted by Gasteiger charge is 2.16. The van der Waals surface area contributed by atoms with Crippen molar-refractivity contribution in [2.45, 2.75) is 12.8 Å². The summed E-state index contributed by atoms with van der Waals surface area (Å²) in [6.07, 6.45) is 0.467. The van der Waals surface area contributed by atoms with E-state index in [1.165, 1.54) is 0 Å². The van der Waals surface area contributed by atoms with Gasteiger partial charge in [0.25, 0.3) is 5.91 Å². The third kappa shape index (κ3) is 3.30. The van der Waals surface area contributed by atoms with Crippen LogP contribution in [0.3, 0.4) is 0 Å². The average molecular weight is 353 g/mol. The van der Waals surface area contributed by atoms with Crippen molar-refractivity contribution in [1.29, 1.82) is 0 Å². The number of rotatable bonds is 4. The van der Waals surface area contributed by atoms with Gasteiger partial charge in [0, 0.05) is 18.4 Å². The molecule has 1 aliphatic rings. The Morgan fingerprint density at radius 3 is 2.77 bits per heavy atom. The number of nitrogens with one attached hydrogen (secondary N) is 2. The van der Waals surface area contributed by atoms with E-state index >= 15 is 0 Å². The van der Waals surface area contributed by atoms with Gasteiger partial charge in [-0.2, -0.15) is 0 Å². The van der Waals surface area contributed by atoms with Gasteiger partial charge in [0.2, 0.25) is 12.7 Å². The Balaban J connectivity index is 1.29. The normalized spacial score (nSPS) is 12.2. The van der Waals surface area contributed by atoms with Crippen LogP contribution in [0.5, 0.6) is 11.5 Å². The van der Waals surface area contributed by atoms with Crippen LogP contribution in [0.4, 0.5) is 0 Å². The van der Waals surface area contributed by atoms with Gasteiger partial charge in [-0.25, -0.2) is 4.98 Å². The van der Waals surface area contributed by atoms with Crippen LogP contribution >= 0.6 is 0 Å². The molecular formula is C18H15N3O5. The lowest BCUT2D eigenvalue weighted by atomic mass is 10.2. The van der Waals surface area contributed by atoms with Crippen molar-refractivity contribution in [3.05, 3.63) is 53.9 Å². The molecule has 2 amide bonds. The van der Waals surface area contributed by atoms with E-state index in [1.807, 2.05) is 24.3 Å². The summed E-state index contributed by atoms with van der Waals surface area (Å²) in [5.41, 5.74) is 6.52. The molecule has 26 heavy (non-hydrogen) atoms. The number of aromatic nitrogens is 1. The number of ether oxygens (including phenoxy) is 2. The van der Waals surface area contributed by atoms with Crippen LogP contribution in [0, 0.1) is 0 Å². The summed E-state index contributed by atoms with van der Waals surface area (Å²) in [4.78, 5) is 28.3. The zero-order valence-electron chi connectivity index (χ0n) is 13.7. The third-order valence-corrected chi connectivity index (χ3v) is 3.85. The van der Waals surface area contributed by atoms with Crippen LogP contribution in [-0.4, -0.2) is 23.6 Å². The lowest BCUT2D eigenvalue weighted by Gasteiger charge is -2.07. The molecule has 0 saturated carbocycles. The van der Waals surface area contributed by atoms with Crippen molar-refractivity contribution in [2.75, 3.05) is 6.79 Å². The van der Waals surface area contributed by atoms with Gasteiger partial charge in [-0.3, -0.25) is 20.4 Å². The number of carbonyl (C=O) groups is 2. The number of hydrogen-bond acceptors (Lipinski definition) is 6. The molecule has 0 saturated heterocycles. The average Bonchev–Trinajstić information content (AvgIpc) is 3.29. The van der Waals surface area contributed by atoms with Gasteiger partial charge in [0.05, 0.1) is 0 Å². The van der Waals surface area contributed by atoms with E-state index in [9.17, 15) is 9.59 Å². The van der Waals surface area contributed by atoms with E-state index in [-0.39, 0.29) is 19.1 Å². The largest absolute Gasteiger partial charge is 0.454 e. The van der Waals surface area contributed by atoms with Crippen molar-refractivity contribution in [3.63, 3.8) is 0 Å². The van der Waals surface area contributed by atoms with Gasteiger partial charge >= 0.3 is 0 Å². The molecule has 2 N–H and O–H groups in total. The monoisotopic (exact) mass is 353 g/mol. The third-order valence-electron chi connectivity index (χ3n) is 3.85. The number of amides is 2. The second kappa shape index (κ2) is 6.75. The number of carbonyl (C=O) groups excluding carboxylic acids is 2. The van der Waals surface area contributed by atoms with Crippen LogP contribution in [-0.2, 0) is 11.2 Å². The predicted molar refractivity (Wildman–Crippen MR) is 90.5 cm³/mol.